The molecule has 3 saturated heterocycles. The van der Waals surface area contributed by atoms with Gasteiger partial charge in [-0.05, 0) is 98.8 Å². The Kier molecular flexibility index (Phi) is 10.1. The summed E-state index contributed by atoms with van der Waals surface area (Å²) in [6.45, 7) is 2.89. The number of likely N-dealkylation sites (tertiary alicyclic amines) is 2. The standard InChI is InChI=1S/C38H43F2N7O5/c1-45-20-29(28-19-41-44-36(28)38(45)51)24-16-30(39)27(33(17-24)52-2)15-22-7-11-46(12-8-22)21-35(49)47-13-9-23(10-14-47)26-4-3-25(18-31(26)40)42-32-5-6-34(48)43-37(32)50/h3-4,16-20,22-23,32,42H,5-15,21H2,1-2H3,(H,41,44)(H,43,48,50). The van der Waals surface area contributed by atoms with Crippen molar-refractivity contribution >= 4 is 34.3 Å². The van der Waals surface area contributed by atoms with Crippen LogP contribution < -0.4 is 20.9 Å². The molecule has 2 aromatic carbocycles. The minimum Gasteiger partial charge on any atom is -0.496 e. The van der Waals surface area contributed by atoms with Crippen LogP contribution >= 0.6 is 0 Å². The van der Waals surface area contributed by atoms with Crippen LogP contribution in [0.15, 0.2) is 47.5 Å². The summed E-state index contributed by atoms with van der Waals surface area (Å²) in [7, 11) is 3.18. The number of halogens is 2. The summed E-state index contributed by atoms with van der Waals surface area (Å²) in [5.74, 6) is -0.669. The van der Waals surface area contributed by atoms with Crippen LogP contribution in [0.1, 0.15) is 55.6 Å². The first-order valence-electron chi connectivity index (χ1n) is 17.9. The maximum Gasteiger partial charge on any atom is 0.276 e. The van der Waals surface area contributed by atoms with E-state index in [9.17, 15) is 19.2 Å². The van der Waals surface area contributed by atoms with E-state index in [-0.39, 0.29) is 47.3 Å². The number of ether oxygens (including phenoxy) is 1. The van der Waals surface area contributed by atoms with Gasteiger partial charge in [-0.15, -0.1) is 0 Å². The third-order valence-electron chi connectivity index (χ3n) is 10.9. The number of pyridine rings is 1. The SMILES string of the molecule is COc1cc(-c2cn(C)c(=O)c3[nH]ncc23)cc(F)c1CC1CCN(CC(=O)N2CCC(c3ccc(NC4CCC(=O)NC4=O)cc3F)CC2)CC1. The van der Waals surface area contributed by atoms with Gasteiger partial charge < -0.3 is 19.5 Å². The number of piperidine rings is 3. The summed E-state index contributed by atoms with van der Waals surface area (Å²) in [5, 5.41) is 12.7. The fourth-order valence-corrected chi connectivity index (χ4v) is 7.88. The van der Waals surface area contributed by atoms with Gasteiger partial charge in [-0.2, -0.15) is 5.10 Å². The molecular formula is C38H43F2N7O5. The lowest BCUT2D eigenvalue weighted by atomic mass is 9.88. The molecule has 2 aromatic heterocycles. The highest BCUT2D eigenvalue weighted by molar-refractivity contribution is 6.01. The summed E-state index contributed by atoms with van der Waals surface area (Å²) < 4.78 is 38.0. The van der Waals surface area contributed by atoms with Gasteiger partial charge in [0.2, 0.25) is 17.7 Å². The van der Waals surface area contributed by atoms with E-state index in [1.807, 2.05) is 11.0 Å². The molecule has 0 radical (unpaired) electrons. The molecule has 3 fully saturated rings. The van der Waals surface area contributed by atoms with Crippen LogP contribution in [0, 0.1) is 17.6 Å². The van der Waals surface area contributed by atoms with Crippen molar-refractivity contribution in [1.29, 1.82) is 0 Å². The number of nitrogens with one attached hydrogen (secondary N) is 3. The van der Waals surface area contributed by atoms with Gasteiger partial charge >= 0.3 is 0 Å². The Morgan fingerprint density at radius 2 is 1.77 bits per heavy atom. The van der Waals surface area contributed by atoms with E-state index in [1.165, 1.54) is 23.8 Å². The van der Waals surface area contributed by atoms with Gasteiger partial charge in [0.25, 0.3) is 5.56 Å². The summed E-state index contributed by atoms with van der Waals surface area (Å²) >= 11 is 0. The summed E-state index contributed by atoms with van der Waals surface area (Å²) in [6, 6.07) is 7.63. The summed E-state index contributed by atoms with van der Waals surface area (Å²) in [4.78, 5) is 53.2. The van der Waals surface area contributed by atoms with Gasteiger partial charge in [0.05, 0.1) is 19.9 Å². The molecule has 0 bridgehead atoms. The molecule has 0 aliphatic carbocycles. The predicted molar refractivity (Wildman–Crippen MR) is 191 cm³/mol. The van der Waals surface area contributed by atoms with Crippen LogP contribution in [0.5, 0.6) is 5.75 Å². The average Bonchev–Trinajstić information content (AvgIpc) is 3.63. The smallest absolute Gasteiger partial charge is 0.276 e. The van der Waals surface area contributed by atoms with Crippen molar-refractivity contribution < 1.29 is 27.9 Å². The number of carbonyl (C=O) groups is 3. The van der Waals surface area contributed by atoms with Crippen LogP contribution in [-0.4, -0.2) is 88.2 Å². The van der Waals surface area contributed by atoms with Gasteiger partial charge in [0, 0.05) is 55.0 Å². The van der Waals surface area contributed by atoms with Crippen LogP contribution in [0.4, 0.5) is 14.5 Å². The first-order chi connectivity index (χ1) is 25.1. The molecule has 3 aliphatic heterocycles. The maximum absolute atomic E-state index is 15.7. The number of hydrogen-bond donors (Lipinski definition) is 3. The Labute approximate surface area is 299 Å². The van der Waals surface area contributed by atoms with Crippen LogP contribution in [-0.2, 0) is 27.9 Å². The van der Waals surface area contributed by atoms with E-state index in [0.717, 1.165) is 25.9 Å². The van der Waals surface area contributed by atoms with Crippen molar-refractivity contribution in [3.8, 4) is 16.9 Å². The molecule has 0 spiro atoms. The lowest BCUT2D eigenvalue weighted by Crippen LogP contribution is -2.47. The topological polar surface area (TPSA) is 142 Å². The second kappa shape index (κ2) is 14.9. The van der Waals surface area contributed by atoms with Gasteiger partial charge in [-0.3, -0.25) is 34.5 Å². The van der Waals surface area contributed by atoms with Crippen LogP contribution in [0.2, 0.25) is 0 Å². The minimum absolute atomic E-state index is 0.0102. The van der Waals surface area contributed by atoms with Crippen molar-refractivity contribution in [2.24, 2.45) is 13.0 Å². The molecular weight excluding hydrogens is 672 g/mol. The molecule has 5 heterocycles. The van der Waals surface area contributed by atoms with Gasteiger partial charge in [-0.25, -0.2) is 8.78 Å². The highest BCUT2D eigenvalue weighted by Crippen LogP contribution is 2.36. The molecule has 1 atom stereocenters. The predicted octanol–water partition coefficient (Wildman–Crippen LogP) is 4.09. The third kappa shape index (κ3) is 7.29. The number of aromatic nitrogens is 3. The highest BCUT2D eigenvalue weighted by atomic mass is 19.1. The summed E-state index contributed by atoms with van der Waals surface area (Å²) in [5.41, 5.74) is 3.04. The van der Waals surface area contributed by atoms with Crippen molar-refractivity contribution in [3.63, 3.8) is 0 Å². The zero-order valence-corrected chi connectivity index (χ0v) is 29.3. The average molecular weight is 716 g/mol. The second-order valence-corrected chi connectivity index (χ2v) is 14.2. The Hall–Kier alpha value is -5.11. The molecule has 12 nitrogen and oxygen atoms in total. The van der Waals surface area contributed by atoms with E-state index in [0.29, 0.717) is 89.9 Å². The number of benzene rings is 2. The van der Waals surface area contributed by atoms with E-state index >= 15 is 8.78 Å². The molecule has 4 aromatic rings. The number of amides is 3. The molecule has 274 valence electrons. The second-order valence-electron chi connectivity index (χ2n) is 14.2. The van der Waals surface area contributed by atoms with E-state index < -0.39 is 11.9 Å². The number of carbonyl (C=O) groups excluding carboxylic acids is 3. The first kappa shape index (κ1) is 35.3. The number of aromatic amines is 1. The van der Waals surface area contributed by atoms with Crippen LogP contribution in [0.3, 0.4) is 0 Å². The zero-order chi connectivity index (χ0) is 36.5. The van der Waals surface area contributed by atoms with E-state index in [4.69, 9.17) is 4.74 Å². The Morgan fingerprint density at radius 1 is 1.00 bits per heavy atom. The largest absolute Gasteiger partial charge is 0.496 e. The third-order valence-corrected chi connectivity index (χ3v) is 10.9. The van der Waals surface area contributed by atoms with Gasteiger partial charge in [0.1, 0.15) is 28.9 Å². The quantitative estimate of drug-likeness (QED) is 0.220. The van der Waals surface area contributed by atoms with Gasteiger partial charge in [0.15, 0.2) is 0 Å². The molecule has 3 amide bonds. The Morgan fingerprint density at radius 3 is 2.48 bits per heavy atom. The minimum atomic E-state index is -0.581. The molecule has 0 saturated carbocycles. The number of fused-ring (bicyclic) bond motifs is 1. The number of rotatable bonds is 9. The number of methoxy groups -OCH3 is 1. The number of anilines is 1. The fourth-order valence-electron chi connectivity index (χ4n) is 7.88. The number of hydrogen-bond acceptors (Lipinski definition) is 8. The number of H-pyrrole nitrogens is 1. The summed E-state index contributed by atoms with van der Waals surface area (Å²) in [6.07, 6.45) is 7.33. The molecule has 52 heavy (non-hydrogen) atoms. The lowest BCUT2D eigenvalue weighted by molar-refractivity contribution is -0.134. The normalized spacial score (nSPS) is 19.2. The molecule has 14 heteroatoms. The zero-order valence-electron chi connectivity index (χ0n) is 29.3. The van der Waals surface area contributed by atoms with E-state index in [1.54, 1.807) is 31.6 Å². The number of aryl methyl sites for hydroxylation is 1. The fraction of sp³-hybridized carbons (Fsp3) is 0.447. The highest BCUT2D eigenvalue weighted by Gasteiger charge is 2.30. The first-order valence-corrected chi connectivity index (χ1v) is 17.9. The maximum atomic E-state index is 15.7. The Bertz CT molecular complexity index is 2060. The monoisotopic (exact) mass is 715 g/mol. The number of nitrogens with zero attached hydrogens (tertiary/aromatic N) is 4. The van der Waals surface area contributed by atoms with Crippen molar-refractivity contribution in [2.45, 2.75) is 56.9 Å². The molecule has 1 unspecified atom stereocenters. The van der Waals surface area contributed by atoms with Crippen molar-refractivity contribution in [1.82, 2.24) is 29.9 Å². The number of imide groups is 1. The van der Waals surface area contributed by atoms with E-state index in [2.05, 4.69) is 25.7 Å². The van der Waals surface area contributed by atoms with Gasteiger partial charge in [-0.1, -0.05) is 6.07 Å². The molecule has 3 N–H and O–H groups in total. The van der Waals surface area contributed by atoms with Crippen molar-refractivity contribution in [2.75, 3.05) is 45.2 Å². The Balaban J connectivity index is 0.896. The molecule has 7 rings (SSSR count). The van der Waals surface area contributed by atoms with Crippen molar-refractivity contribution in [3.05, 3.63) is 75.8 Å². The van der Waals surface area contributed by atoms with Crippen LogP contribution in [0.25, 0.3) is 22.0 Å². The molecule has 3 aliphatic rings. The lowest BCUT2D eigenvalue weighted by Gasteiger charge is -2.36.